The quantitative estimate of drug-likeness (QED) is 0.251. The highest BCUT2D eigenvalue weighted by atomic mass is 32.2. The molecular formula is C43H55N5O6S. The number of benzene rings is 1. The molecule has 11 nitrogen and oxygen atoms in total. The molecule has 2 unspecified atom stereocenters. The van der Waals surface area contributed by atoms with Crippen molar-refractivity contribution in [3.8, 4) is 0 Å². The summed E-state index contributed by atoms with van der Waals surface area (Å²) in [6.45, 7) is 10.6. The Hall–Kier alpha value is -4.16. The predicted molar refractivity (Wildman–Crippen MR) is 213 cm³/mol. The van der Waals surface area contributed by atoms with Crippen molar-refractivity contribution in [2.24, 2.45) is 5.92 Å². The minimum absolute atomic E-state index is 0.0239. The van der Waals surface area contributed by atoms with E-state index in [1.54, 1.807) is 27.0 Å². The van der Waals surface area contributed by atoms with Crippen LogP contribution in [-0.4, -0.2) is 77.1 Å². The van der Waals surface area contributed by atoms with Crippen molar-refractivity contribution in [2.75, 3.05) is 20.2 Å². The molecule has 3 aromatic rings. The van der Waals surface area contributed by atoms with E-state index in [0.29, 0.717) is 36.7 Å². The molecule has 2 aliphatic heterocycles. The fourth-order valence-corrected chi connectivity index (χ4v) is 10.2. The molecule has 1 saturated heterocycles. The number of morpholine rings is 1. The summed E-state index contributed by atoms with van der Waals surface area (Å²) in [5, 5.41) is 5.48. The number of amides is 2. The van der Waals surface area contributed by atoms with Gasteiger partial charge in [-0.15, -0.1) is 0 Å². The van der Waals surface area contributed by atoms with Crippen LogP contribution in [0.3, 0.4) is 0 Å². The topological polar surface area (TPSA) is 125 Å². The van der Waals surface area contributed by atoms with Gasteiger partial charge in [-0.25, -0.2) is 13.1 Å². The van der Waals surface area contributed by atoms with Gasteiger partial charge in [0.05, 0.1) is 47.6 Å². The minimum atomic E-state index is -3.84. The van der Waals surface area contributed by atoms with Gasteiger partial charge < -0.3 is 18.9 Å². The second-order valence-corrected chi connectivity index (χ2v) is 18.9. The first kappa shape index (κ1) is 37.7. The fourth-order valence-electron chi connectivity index (χ4n) is 9.55. The van der Waals surface area contributed by atoms with Crippen molar-refractivity contribution in [2.45, 2.75) is 128 Å². The number of fused-ring (bicyclic) bond motifs is 5. The lowest BCUT2D eigenvalue weighted by atomic mass is 9.77. The van der Waals surface area contributed by atoms with Crippen molar-refractivity contribution in [3.63, 3.8) is 0 Å². The number of ether oxygens (including phenoxy) is 2. The Kier molecular flexibility index (Phi) is 10.1. The van der Waals surface area contributed by atoms with Crippen LogP contribution in [0.15, 0.2) is 48.3 Å². The normalized spacial score (nSPS) is 24.8. The SMILES string of the molecule is COC1=CC2C=C(c3c(C(=O)N4C[C@@H](C)O[C@@H](C)C4)c(C)nn3C3CCC3)Cn3c(c(C4CCCCC4)c4ccc(C(=O)NS(=O)(=O)C(C)C)cc43)C2C=C1. The van der Waals surface area contributed by atoms with E-state index < -0.39 is 21.2 Å². The van der Waals surface area contributed by atoms with Crippen LogP contribution < -0.4 is 4.72 Å². The van der Waals surface area contributed by atoms with Crippen LogP contribution in [0.5, 0.6) is 0 Å². The van der Waals surface area contributed by atoms with E-state index in [1.807, 2.05) is 37.8 Å². The first-order valence-electron chi connectivity index (χ1n) is 20.3. The highest BCUT2D eigenvalue weighted by Crippen LogP contribution is 2.49. The van der Waals surface area contributed by atoms with Crippen LogP contribution >= 0.6 is 0 Å². The lowest BCUT2D eigenvalue weighted by molar-refractivity contribution is -0.0586. The summed E-state index contributed by atoms with van der Waals surface area (Å²) in [5.74, 6) is 0.380. The van der Waals surface area contributed by atoms with Crippen LogP contribution in [0.4, 0.5) is 0 Å². The number of hydrogen-bond acceptors (Lipinski definition) is 7. The van der Waals surface area contributed by atoms with Crippen LogP contribution in [0.25, 0.3) is 16.5 Å². The van der Waals surface area contributed by atoms with Crippen LogP contribution in [0.1, 0.15) is 140 Å². The smallest absolute Gasteiger partial charge is 0.264 e. The van der Waals surface area contributed by atoms with Gasteiger partial charge in [-0.05, 0) is 108 Å². The number of nitrogens with one attached hydrogen (secondary N) is 1. The van der Waals surface area contributed by atoms with Crippen LogP contribution in [0, 0.1) is 12.8 Å². The maximum Gasteiger partial charge on any atom is 0.264 e. The van der Waals surface area contributed by atoms with Gasteiger partial charge in [0, 0.05) is 53.6 Å². The van der Waals surface area contributed by atoms with E-state index in [2.05, 4.69) is 38.3 Å². The molecule has 12 heteroatoms. The van der Waals surface area contributed by atoms with Gasteiger partial charge in [0.1, 0.15) is 5.76 Å². The molecule has 8 rings (SSSR count). The molecule has 4 heterocycles. The van der Waals surface area contributed by atoms with Gasteiger partial charge in [-0.3, -0.25) is 14.3 Å². The van der Waals surface area contributed by atoms with E-state index in [9.17, 15) is 18.0 Å². The van der Waals surface area contributed by atoms with Gasteiger partial charge in [-0.2, -0.15) is 5.10 Å². The average Bonchev–Trinajstić information content (AvgIpc) is 3.57. The molecule has 0 bridgehead atoms. The molecule has 3 fully saturated rings. The molecule has 3 aliphatic carbocycles. The second kappa shape index (κ2) is 14.7. The molecule has 4 atom stereocenters. The third-order valence-corrected chi connectivity index (χ3v) is 14.2. The van der Waals surface area contributed by atoms with E-state index in [-0.39, 0.29) is 36.0 Å². The first-order chi connectivity index (χ1) is 26.3. The van der Waals surface area contributed by atoms with E-state index >= 15 is 0 Å². The lowest BCUT2D eigenvalue weighted by Crippen LogP contribution is -2.48. The Bertz CT molecular complexity index is 2210. The van der Waals surface area contributed by atoms with Gasteiger partial charge in [0.2, 0.25) is 10.0 Å². The second-order valence-electron chi connectivity index (χ2n) is 16.7. The van der Waals surface area contributed by atoms with Gasteiger partial charge in [0.25, 0.3) is 11.8 Å². The molecule has 0 radical (unpaired) electrons. The maximum absolute atomic E-state index is 14.8. The zero-order valence-electron chi connectivity index (χ0n) is 33.0. The van der Waals surface area contributed by atoms with Crippen LogP contribution in [0.2, 0.25) is 0 Å². The number of nitrogens with zero attached hydrogens (tertiary/aromatic N) is 4. The Morgan fingerprint density at radius 1 is 1.00 bits per heavy atom. The molecule has 1 aromatic carbocycles. The van der Waals surface area contributed by atoms with Crippen molar-refractivity contribution >= 4 is 38.3 Å². The molecule has 2 aromatic heterocycles. The summed E-state index contributed by atoms with van der Waals surface area (Å²) in [6.07, 6.45) is 17.5. The number of rotatable bonds is 8. The zero-order chi connectivity index (χ0) is 38.8. The van der Waals surface area contributed by atoms with E-state index in [0.717, 1.165) is 78.6 Å². The molecule has 55 heavy (non-hydrogen) atoms. The number of hydrogen-bond donors (Lipinski definition) is 1. The summed E-state index contributed by atoms with van der Waals surface area (Å²) < 4.78 is 44.3. The largest absolute Gasteiger partial charge is 0.497 e. The standard InChI is InChI=1S/C43H55N5O6S/c1-25(2)55(51,52)45-42(49)30-15-17-36-37(21-30)47-24-32(19-31-20-34(53-6)16-18-35(31)41(47)39(36)29-11-8-7-9-12-29)40-38(28(5)44-48(40)33-13-10-14-33)43(50)46-22-26(3)54-27(4)23-46/h15-21,25-27,29,31,33,35H,7-14,22-24H2,1-6H3,(H,45,49)/t26-,27+,31?,35?. The summed E-state index contributed by atoms with van der Waals surface area (Å²) in [7, 11) is -2.14. The fraction of sp³-hybridized carbons (Fsp3) is 0.558. The molecule has 1 N–H and O–H groups in total. The van der Waals surface area contributed by atoms with Crippen molar-refractivity contribution in [1.29, 1.82) is 0 Å². The number of carbonyl (C=O) groups excluding carboxylic acids is 2. The van der Waals surface area contributed by atoms with Crippen molar-refractivity contribution in [3.05, 3.63) is 82.0 Å². The molecule has 5 aliphatic rings. The molecule has 0 spiro atoms. The lowest BCUT2D eigenvalue weighted by Gasteiger charge is -2.35. The van der Waals surface area contributed by atoms with E-state index in [4.69, 9.17) is 14.6 Å². The maximum atomic E-state index is 14.8. The van der Waals surface area contributed by atoms with Crippen LogP contribution in [-0.2, 0) is 26.0 Å². The zero-order valence-corrected chi connectivity index (χ0v) is 33.8. The third kappa shape index (κ3) is 6.87. The summed E-state index contributed by atoms with van der Waals surface area (Å²) >= 11 is 0. The molecule has 2 amide bonds. The summed E-state index contributed by atoms with van der Waals surface area (Å²) in [5.41, 5.74) is 6.95. The Morgan fingerprint density at radius 3 is 2.38 bits per heavy atom. The monoisotopic (exact) mass is 769 g/mol. The van der Waals surface area contributed by atoms with Crippen molar-refractivity contribution in [1.82, 2.24) is 24.0 Å². The third-order valence-electron chi connectivity index (χ3n) is 12.5. The molecule has 294 valence electrons. The summed E-state index contributed by atoms with van der Waals surface area (Å²) in [4.78, 5) is 30.3. The number of aryl methyl sites for hydroxylation is 1. The summed E-state index contributed by atoms with van der Waals surface area (Å²) in [6, 6.07) is 5.86. The highest BCUT2D eigenvalue weighted by molar-refractivity contribution is 7.90. The number of allylic oxidation sites excluding steroid dienone is 5. The molecule has 2 saturated carbocycles. The number of methoxy groups -OCH3 is 1. The Morgan fingerprint density at radius 2 is 1.73 bits per heavy atom. The Balaban J connectivity index is 1.34. The first-order valence-corrected chi connectivity index (χ1v) is 21.8. The minimum Gasteiger partial charge on any atom is -0.497 e. The molecular weight excluding hydrogens is 715 g/mol. The van der Waals surface area contributed by atoms with Gasteiger partial charge >= 0.3 is 0 Å². The van der Waals surface area contributed by atoms with Crippen molar-refractivity contribution < 1.29 is 27.5 Å². The number of sulfonamides is 1. The van der Waals surface area contributed by atoms with E-state index in [1.165, 1.54) is 17.7 Å². The van der Waals surface area contributed by atoms with Gasteiger partial charge in [0.15, 0.2) is 0 Å². The average molecular weight is 770 g/mol. The number of carbonyl (C=O) groups is 2. The number of aromatic nitrogens is 3. The highest BCUT2D eigenvalue weighted by Gasteiger charge is 2.39. The predicted octanol–water partition coefficient (Wildman–Crippen LogP) is 7.53. The Labute approximate surface area is 324 Å². The van der Waals surface area contributed by atoms with Gasteiger partial charge in [-0.1, -0.05) is 37.5 Å².